The molecule has 0 aliphatic heterocycles. The number of hydrogen-bond donors (Lipinski definition) is 1. The van der Waals surface area contributed by atoms with Crippen LogP contribution in [0.15, 0.2) is 72.8 Å². The highest BCUT2D eigenvalue weighted by molar-refractivity contribution is 5.94. The summed E-state index contributed by atoms with van der Waals surface area (Å²) in [5.74, 6) is 0.109. The first kappa shape index (κ1) is 18.7. The highest BCUT2D eigenvalue weighted by atomic mass is 16.1. The monoisotopic (exact) mass is 333 g/mol. The zero-order valence-corrected chi connectivity index (χ0v) is 14.9. The number of rotatable bonds is 10. The Morgan fingerprint density at radius 1 is 0.920 bits per heavy atom. The summed E-state index contributed by atoms with van der Waals surface area (Å²) in [7, 11) is 0. The molecule has 0 fully saturated rings. The lowest BCUT2D eigenvalue weighted by molar-refractivity contribution is 0.101. The van der Waals surface area contributed by atoms with Gasteiger partial charge in [0, 0.05) is 17.8 Å². The van der Waals surface area contributed by atoms with Crippen LogP contribution in [0.5, 0.6) is 0 Å². The van der Waals surface area contributed by atoms with Crippen LogP contribution in [-0.2, 0) is 0 Å². The predicted octanol–water partition coefficient (Wildman–Crippen LogP) is 6.13. The Bertz CT molecular complexity index is 684. The van der Waals surface area contributed by atoms with Crippen LogP contribution in [0.3, 0.4) is 0 Å². The van der Waals surface area contributed by atoms with Crippen molar-refractivity contribution in [3.63, 3.8) is 0 Å². The third kappa shape index (κ3) is 7.67. The van der Waals surface area contributed by atoms with Gasteiger partial charge in [-0.05, 0) is 56.0 Å². The van der Waals surface area contributed by atoms with Crippen LogP contribution in [0.4, 0.5) is 5.69 Å². The van der Waals surface area contributed by atoms with Gasteiger partial charge in [0.1, 0.15) is 0 Å². The number of carbonyl (C=O) groups is 1. The molecule has 0 saturated heterocycles. The van der Waals surface area contributed by atoms with Gasteiger partial charge in [0.2, 0.25) is 0 Å². The summed E-state index contributed by atoms with van der Waals surface area (Å²) in [5, 5.41) is 3.40. The van der Waals surface area contributed by atoms with E-state index in [9.17, 15) is 4.79 Å². The molecule has 0 bridgehead atoms. The van der Waals surface area contributed by atoms with Gasteiger partial charge in [0.15, 0.2) is 5.78 Å². The largest absolute Gasteiger partial charge is 0.385 e. The summed E-state index contributed by atoms with van der Waals surface area (Å²) in [6, 6.07) is 18.0. The smallest absolute Gasteiger partial charge is 0.159 e. The molecule has 130 valence electrons. The van der Waals surface area contributed by atoms with Crippen molar-refractivity contribution in [2.24, 2.45) is 0 Å². The van der Waals surface area contributed by atoms with Crippen LogP contribution in [0.2, 0.25) is 0 Å². The minimum absolute atomic E-state index is 0.109. The minimum Gasteiger partial charge on any atom is -0.385 e. The second-order valence-corrected chi connectivity index (χ2v) is 6.11. The van der Waals surface area contributed by atoms with Crippen molar-refractivity contribution < 1.29 is 4.79 Å². The molecule has 0 spiro atoms. The molecule has 2 aromatic carbocycles. The van der Waals surface area contributed by atoms with Gasteiger partial charge in [-0.15, -0.1) is 0 Å². The maximum atomic E-state index is 11.2. The Balaban J connectivity index is 1.52. The van der Waals surface area contributed by atoms with Gasteiger partial charge in [0.25, 0.3) is 0 Å². The lowest BCUT2D eigenvalue weighted by atomic mass is 10.1. The van der Waals surface area contributed by atoms with E-state index < -0.39 is 0 Å². The van der Waals surface area contributed by atoms with Gasteiger partial charge < -0.3 is 5.32 Å². The molecule has 0 aliphatic rings. The standard InChI is InChI=1S/C23H27NO/c1-20(25)22-15-17-23(18-16-22)24-19-11-6-4-2-3-5-8-12-21-13-9-7-10-14-21/h3,5,7-10,12-18,24H,2,4,6,11,19H2,1H3. The molecule has 0 saturated carbocycles. The third-order valence-corrected chi connectivity index (χ3v) is 4.00. The van der Waals surface area contributed by atoms with E-state index >= 15 is 0 Å². The van der Waals surface area contributed by atoms with Crippen molar-refractivity contribution in [3.8, 4) is 0 Å². The van der Waals surface area contributed by atoms with Gasteiger partial charge in [-0.1, -0.05) is 61.1 Å². The Morgan fingerprint density at radius 3 is 2.40 bits per heavy atom. The fourth-order valence-corrected chi connectivity index (χ4v) is 2.53. The Labute approximate surface area is 151 Å². The van der Waals surface area contributed by atoms with Crippen LogP contribution in [0, 0.1) is 0 Å². The summed E-state index contributed by atoms with van der Waals surface area (Å²) < 4.78 is 0. The van der Waals surface area contributed by atoms with Gasteiger partial charge in [-0.2, -0.15) is 0 Å². The van der Waals surface area contributed by atoms with Gasteiger partial charge in [-0.3, -0.25) is 4.79 Å². The summed E-state index contributed by atoms with van der Waals surface area (Å²) in [6.07, 6.45) is 13.3. The van der Waals surface area contributed by atoms with E-state index in [1.807, 2.05) is 30.3 Å². The first-order valence-electron chi connectivity index (χ1n) is 8.99. The molecule has 0 unspecified atom stereocenters. The van der Waals surface area contributed by atoms with E-state index in [-0.39, 0.29) is 5.78 Å². The first-order chi connectivity index (χ1) is 12.3. The summed E-state index contributed by atoms with van der Waals surface area (Å²) in [4.78, 5) is 11.2. The van der Waals surface area contributed by atoms with E-state index in [1.54, 1.807) is 6.92 Å². The first-order valence-corrected chi connectivity index (χ1v) is 8.99. The van der Waals surface area contributed by atoms with Crippen LogP contribution >= 0.6 is 0 Å². The van der Waals surface area contributed by atoms with Crippen molar-refractivity contribution >= 4 is 17.5 Å². The molecule has 1 N–H and O–H groups in total. The molecule has 0 heterocycles. The summed E-state index contributed by atoms with van der Waals surface area (Å²) in [5.41, 5.74) is 3.07. The molecular weight excluding hydrogens is 306 g/mol. The number of Topliss-reactive ketones (excluding diaryl/α,β-unsaturated/α-hetero) is 1. The molecule has 2 heteroatoms. The lowest BCUT2D eigenvalue weighted by Crippen LogP contribution is -2.01. The van der Waals surface area contributed by atoms with Crippen LogP contribution in [-0.4, -0.2) is 12.3 Å². The average molecular weight is 333 g/mol. The Hall–Kier alpha value is -2.61. The zero-order chi connectivity index (χ0) is 17.7. The summed E-state index contributed by atoms with van der Waals surface area (Å²) in [6.45, 7) is 2.56. The second kappa shape index (κ2) is 11.0. The van der Waals surface area contributed by atoms with Crippen molar-refractivity contribution in [1.29, 1.82) is 0 Å². The van der Waals surface area contributed by atoms with Crippen LogP contribution < -0.4 is 5.32 Å². The number of carbonyl (C=O) groups excluding carboxylic acids is 1. The van der Waals surface area contributed by atoms with E-state index in [4.69, 9.17) is 0 Å². The molecule has 25 heavy (non-hydrogen) atoms. The molecule has 0 amide bonds. The maximum Gasteiger partial charge on any atom is 0.159 e. The second-order valence-electron chi connectivity index (χ2n) is 6.11. The van der Waals surface area contributed by atoms with Crippen molar-refractivity contribution in [3.05, 3.63) is 84.0 Å². The Morgan fingerprint density at radius 2 is 1.68 bits per heavy atom. The van der Waals surface area contributed by atoms with E-state index in [1.165, 1.54) is 18.4 Å². The molecule has 2 nitrogen and oxygen atoms in total. The molecule has 0 aliphatic carbocycles. The SMILES string of the molecule is CC(=O)c1ccc(NCCCCCC=CC=Cc2ccccc2)cc1. The number of allylic oxidation sites excluding steroid dienone is 3. The third-order valence-electron chi connectivity index (χ3n) is 4.00. The van der Waals surface area contributed by atoms with E-state index in [0.717, 1.165) is 30.6 Å². The van der Waals surface area contributed by atoms with Crippen molar-refractivity contribution in [1.82, 2.24) is 0 Å². The summed E-state index contributed by atoms with van der Waals surface area (Å²) >= 11 is 0. The number of benzene rings is 2. The predicted molar refractivity (Wildman–Crippen MR) is 108 cm³/mol. The van der Waals surface area contributed by atoms with Crippen molar-refractivity contribution in [2.75, 3.05) is 11.9 Å². The highest BCUT2D eigenvalue weighted by Gasteiger charge is 1.98. The van der Waals surface area contributed by atoms with E-state index in [2.05, 4.69) is 53.9 Å². The number of nitrogens with one attached hydrogen (secondary N) is 1. The normalized spacial score (nSPS) is 11.2. The highest BCUT2D eigenvalue weighted by Crippen LogP contribution is 2.10. The average Bonchev–Trinajstić information content (AvgIpc) is 2.64. The minimum atomic E-state index is 0.109. The molecule has 0 radical (unpaired) electrons. The van der Waals surface area contributed by atoms with Crippen molar-refractivity contribution in [2.45, 2.75) is 32.6 Å². The Kier molecular flexibility index (Phi) is 8.26. The molecular formula is C23H27NO. The quantitative estimate of drug-likeness (QED) is 0.322. The topological polar surface area (TPSA) is 29.1 Å². The fourth-order valence-electron chi connectivity index (χ4n) is 2.53. The molecule has 2 aromatic rings. The fraction of sp³-hybridized carbons (Fsp3) is 0.261. The lowest BCUT2D eigenvalue weighted by Gasteiger charge is -2.06. The number of hydrogen-bond acceptors (Lipinski definition) is 2. The van der Waals surface area contributed by atoms with Gasteiger partial charge in [-0.25, -0.2) is 0 Å². The van der Waals surface area contributed by atoms with Crippen LogP contribution in [0.1, 0.15) is 48.5 Å². The number of ketones is 1. The number of anilines is 1. The molecule has 0 atom stereocenters. The van der Waals surface area contributed by atoms with Gasteiger partial charge >= 0.3 is 0 Å². The molecule has 0 aromatic heterocycles. The maximum absolute atomic E-state index is 11.2. The van der Waals surface area contributed by atoms with Gasteiger partial charge in [0.05, 0.1) is 0 Å². The number of unbranched alkanes of at least 4 members (excludes halogenated alkanes) is 3. The zero-order valence-electron chi connectivity index (χ0n) is 14.9. The molecule has 2 rings (SSSR count). The van der Waals surface area contributed by atoms with E-state index in [0.29, 0.717) is 0 Å². The van der Waals surface area contributed by atoms with Crippen LogP contribution in [0.25, 0.3) is 6.08 Å².